The van der Waals surface area contributed by atoms with Crippen LogP contribution in [-0.4, -0.2) is 36.6 Å². The molecule has 0 aromatic carbocycles. The van der Waals surface area contributed by atoms with E-state index in [1.807, 2.05) is 0 Å². The standard InChI is InChI=1S/C10H20O4Si/c1-6-7-9(15(13-4)14-5)8(2)10(11)12-3/h15H,6-7H2,1-5H3. The molecule has 0 bridgehead atoms. The summed E-state index contributed by atoms with van der Waals surface area (Å²) in [5, 5.41) is 0.981. The summed E-state index contributed by atoms with van der Waals surface area (Å²) < 4.78 is 15.3. The summed E-state index contributed by atoms with van der Waals surface area (Å²) in [4.78, 5) is 11.4. The lowest BCUT2D eigenvalue weighted by molar-refractivity contribution is -0.136. The highest BCUT2D eigenvalue weighted by molar-refractivity contribution is 6.54. The zero-order valence-corrected chi connectivity index (χ0v) is 11.3. The number of rotatable bonds is 6. The van der Waals surface area contributed by atoms with E-state index in [1.54, 1.807) is 21.1 Å². The molecule has 4 nitrogen and oxygen atoms in total. The van der Waals surface area contributed by atoms with Crippen LogP contribution in [0.15, 0.2) is 10.8 Å². The first-order valence-corrected chi connectivity index (χ1v) is 6.47. The Morgan fingerprint density at radius 3 is 2.07 bits per heavy atom. The maximum Gasteiger partial charge on any atom is 0.351 e. The van der Waals surface area contributed by atoms with E-state index >= 15 is 0 Å². The van der Waals surface area contributed by atoms with Crippen LogP contribution in [0, 0.1) is 0 Å². The maximum atomic E-state index is 11.4. The van der Waals surface area contributed by atoms with Crippen LogP contribution in [0.1, 0.15) is 26.7 Å². The molecule has 0 atom stereocenters. The summed E-state index contributed by atoms with van der Waals surface area (Å²) in [5.74, 6) is -0.301. The normalized spacial score (nSPS) is 12.7. The van der Waals surface area contributed by atoms with Crippen LogP contribution in [0.25, 0.3) is 0 Å². The third kappa shape index (κ3) is 4.15. The predicted molar refractivity (Wildman–Crippen MR) is 60.8 cm³/mol. The van der Waals surface area contributed by atoms with E-state index in [-0.39, 0.29) is 5.97 Å². The maximum absolute atomic E-state index is 11.4. The zero-order chi connectivity index (χ0) is 11.8. The summed E-state index contributed by atoms with van der Waals surface area (Å²) in [6, 6.07) is 0. The first-order valence-electron chi connectivity index (χ1n) is 4.95. The van der Waals surface area contributed by atoms with Crippen molar-refractivity contribution >= 4 is 15.3 Å². The van der Waals surface area contributed by atoms with Crippen LogP contribution in [-0.2, 0) is 18.4 Å². The molecule has 0 spiro atoms. The van der Waals surface area contributed by atoms with Gasteiger partial charge in [0, 0.05) is 19.8 Å². The molecule has 0 rings (SSSR count). The van der Waals surface area contributed by atoms with Gasteiger partial charge in [0.15, 0.2) is 0 Å². The average molecular weight is 232 g/mol. The fraction of sp³-hybridized carbons (Fsp3) is 0.700. The van der Waals surface area contributed by atoms with Crippen molar-refractivity contribution in [1.82, 2.24) is 0 Å². The van der Waals surface area contributed by atoms with Crippen LogP contribution < -0.4 is 0 Å². The van der Waals surface area contributed by atoms with Gasteiger partial charge in [0.05, 0.1) is 7.11 Å². The molecule has 0 saturated carbocycles. The summed E-state index contributed by atoms with van der Waals surface area (Å²) >= 11 is 0. The number of allylic oxidation sites excluding steroid dienone is 1. The lowest BCUT2D eigenvalue weighted by Gasteiger charge is -2.16. The van der Waals surface area contributed by atoms with Crippen molar-refractivity contribution in [3.05, 3.63) is 10.8 Å². The zero-order valence-electron chi connectivity index (χ0n) is 10.1. The summed E-state index contributed by atoms with van der Waals surface area (Å²) in [6.07, 6.45) is 1.78. The minimum absolute atomic E-state index is 0.301. The van der Waals surface area contributed by atoms with Crippen LogP contribution in [0.4, 0.5) is 0 Å². The van der Waals surface area contributed by atoms with Crippen molar-refractivity contribution in [2.75, 3.05) is 21.3 Å². The van der Waals surface area contributed by atoms with Crippen LogP contribution in [0.2, 0.25) is 0 Å². The molecule has 0 fully saturated rings. The van der Waals surface area contributed by atoms with Gasteiger partial charge in [0.2, 0.25) is 0 Å². The van der Waals surface area contributed by atoms with Crippen LogP contribution in [0.3, 0.4) is 0 Å². The number of methoxy groups -OCH3 is 1. The van der Waals surface area contributed by atoms with Crippen LogP contribution >= 0.6 is 0 Å². The Kier molecular flexibility index (Phi) is 7.28. The van der Waals surface area contributed by atoms with Gasteiger partial charge in [-0.25, -0.2) is 4.79 Å². The first-order chi connectivity index (χ1) is 7.12. The average Bonchev–Trinajstić information content (AvgIpc) is 2.27. The number of hydrogen-bond acceptors (Lipinski definition) is 4. The third-order valence-electron chi connectivity index (χ3n) is 2.21. The monoisotopic (exact) mass is 232 g/mol. The molecule has 0 aromatic rings. The quantitative estimate of drug-likeness (QED) is 0.394. The summed E-state index contributed by atoms with van der Waals surface area (Å²) in [5.41, 5.74) is 0.625. The Morgan fingerprint density at radius 1 is 1.20 bits per heavy atom. The second-order valence-corrected chi connectivity index (χ2v) is 5.50. The second kappa shape index (κ2) is 7.61. The highest BCUT2D eigenvalue weighted by Crippen LogP contribution is 2.16. The smallest absolute Gasteiger partial charge is 0.351 e. The lowest BCUT2D eigenvalue weighted by Crippen LogP contribution is -2.25. The summed E-state index contributed by atoms with van der Waals surface area (Å²) in [6.45, 7) is 3.82. The van der Waals surface area contributed by atoms with Crippen molar-refractivity contribution in [1.29, 1.82) is 0 Å². The molecular formula is C10H20O4Si. The van der Waals surface area contributed by atoms with Gasteiger partial charge in [-0.3, -0.25) is 0 Å². The van der Waals surface area contributed by atoms with E-state index < -0.39 is 9.28 Å². The van der Waals surface area contributed by atoms with Crippen molar-refractivity contribution in [2.24, 2.45) is 0 Å². The first kappa shape index (κ1) is 14.3. The number of hydrogen-bond donors (Lipinski definition) is 0. The van der Waals surface area contributed by atoms with Crippen LogP contribution in [0.5, 0.6) is 0 Å². The van der Waals surface area contributed by atoms with Gasteiger partial charge in [-0.05, 0) is 18.5 Å². The van der Waals surface area contributed by atoms with E-state index in [0.29, 0.717) is 5.57 Å². The highest BCUT2D eigenvalue weighted by Gasteiger charge is 2.21. The molecule has 0 aliphatic carbocycles. The van der Waals surface area contributed by atoms with E-state index in [0.717, 1.165) is 18.0 Å². The molecule has 15 heavy (non-hydrogen) atoms. The second-order valence-electron chi connectivity index (χ2n) is 3.20. The van der Waals surface area contributed by atoms with E-state index in [1.165, 1.54) is 7.11 Å². The Morgan fingerprint density at radius 2 is 1.73 bits per heavy atom. The lowest BCUT2D eigenvalue weighted by atomic mass is 10.2. The fourth-order valence-corrected chi connectivity index (χ4v) is 3.17. The molecular weight excluding hydrogens is 212 g/mol. The minimum atomic E-state index is -1.87. The van der Waals surface area contributed by atoms with Crippen molar-refractivity contribution in [3.8, 4) is 0 Å². The Bertz CT molecular complexity index is 234. The fourth-order valence-electron chi connectivity index (χ4n) is 1.42. The van der Waals surface area contributed by atoms with Gasteiger partial charge in [-0.2, -0.15) is 0 Å². The summed E-state index contributed by atoms with van der Waals surface area (Å²) in [7, 11) is 2.73. The van der Waals surface area contributed by atoms with Crippen molar-refractivity contribution in [2.45, 2.75) is 26.7 Å². The molecule has 88 valence electrons. The molecule has 0 heterocycles. The Balaban J connectivity index is 4.97. The molecule has 0 unspecified atom stereocenters. The minimum Gasteiger partial charge on any atom is -0.466 e. The Hall–Kier alpha value is -0.653. The predicted octanol–water partition coefficient (Wildman–Crippen LogP) is 1.33. The molecule has 0 aliphatic rings. The molecule has 0 aliphatic heterocycles. The third-order valence-corrected chi connectivity index (χ3v) is 4.35. The van der Waals surface area contributed by atoms with E-state index in [9.17, 15) is 4.79 Å². The molecule has 0 radical (unpaired) electrons. The highest BCUT2D eigenvalue weighted by atomic mass is 28.3. The van der Waals surface area contributed by atoms with Gasteiger partial charge in [-0.15, -0.1) is 0 Å². The van der Waals surface area contributed by atoms with E-state index in [2.05, 4.69) is 6.92 Å². The molecule has 0 saturated heterocycles. The number of carbonyl (C=O) groups excluding carboxylic acids is 1. The number of carbonyl (C=O) groups is 1. The Labute approximate surface area is 93.1 Å². The molecule has 0 N–H and O–H groups in total. The van der Waals surface area contributed by atoms with Gasteiger partial charge < -0.3 is 13.6 Å². The van der Waals surface area contributed by atoms with Gasteiger partial charge in [0.25, 0.3) is 0 Å². The SMILES string of the molecule is CCCC(=C(C)C(=O)OC)[SiH](OC)OC. The van der Waals surface area contributed by atoms with Crippen molar-refractivity contribution < 1.29 is 18.4 Å². The topological polar surface area (TPSA) is 44.8 Å². The number of esters is 1. The molecule has 0 aromatic heterocycles. The van der Waals surface area contributed by atoms with Crippen molar-refractivity contribution in [3.63, 3.8) is 0 Å². The van der Waals surface area contributed by atoms with Gasteiger partial charge >= 0.3 is 15.3 Å². The largest absolute Gasteiger partial charge is 0.466 e. The van der Waals surface area contributed by atoms with E-state index in [4.69, 9.17) is 13.6 Å². The van der Waals surface area contributed by atoms with Gasteiger partial charge in [-0.1, -0.05) is 13.3 Å². The molecule has 0 amide bonds. The number of ether oxygens (including phenoxy) is 1. The molecule has 5 heteroatoms. The van der Waals surface area contributed by atoms with Gasteiger partial charge in [0.1, 0.15) is 0 Å².